The van der Waals surface area contributed by atoms with Crippen LogP contribution in [0.4, 0.5) is 0 Å². The number of rotatable bonds is 22. The molecule has 1 rings (SSSR count). The summed E-state index contributed by atoms with van der Waals surface area (Å²) in [7, 11) is 1.50. The van der Waals surface area contributed by atoms with Gasteiger partial charge in [0.05, 0.1) is 6.54 Å². The smallest absolute Gasteiger partial charge is 0.326 e. The van der Waals surface area contributed by atoms with Gasteiger partial charge in [-0.1, -0.05) is 84.9 Å². The van der Waals surface area contributed by atoms with E-state index in [4.69, 9.17) is 20.7 Å². The van der Waals surface area contributed by atoms with Crippen LogP contribution in [0.25, 0.3) is 0 Å². The van der Waals surface area contributed by atoms with Crippen molar-refractivity contribution in [2.75, 3.05) is 20.1 Å². The molecule has 6 atom stereocenters. The Hall–Kier alpha value is -6.60. The minimum atomic E-state index is -1.27. The third-order valence-electron chi connectivity index (χ3n) is 7.38. The molecule has 7 amide bonds. The second-order valence-corrected chi connectivity index (χ2v) is 14.4. The second kappa shape index (κ2) is 47.9. The first-order chi connectivity index (χ1) is 31.0. The predicted octanol–water partition coefficient (Wildman–Crippen LogP) is 0.335. The molecule has 66 heavy (non-hydrogen) atoms. The number of carboxylic acid groups (broad SMARTS) is 3. The van der Waals surface area contributed by atoms with Gasteiger partial charge in [0, 0.05) is 25.4 Å². The largest absolute Gasteiger partial charge is 0.483 e. The molecule has 22 nitrogen and oxygen atoms in total. The van der Waals surface area contributed by atoms with Gasteiger partial charge in [-0.2, -0.15) is 0 Å². The summed E-state index contributed by atoms with van der Waals surface area (Å²) in [6.07, 6.45) is 9.04. The number of carbonyl (C=O) groups is 10. The molecule has 0 heterocycles. The Morgan fingerprint density at radius 1 is 0.636 bits per heavy atom. The van der Waals surface area contributed by atoms with Crippen molar-refractivity contribution in [3.05, 3.63) is 36.4 Å². The Labute approximate surface area is 390 Å². The molecule has 22 heteroatoms. The zero-order valence-corrected chi connectivity index (χ0v) is 40.4. The van der Waals surface area contributed by atoms with E-state index >= 15 is 0 Å². The van der Waals surface area contributed by atoms with Crippen LogP contribution < -0.4 is 48.7 Å². The molecule has 378 valence electrons. The first-order valence-electron chi connectivity index (χ1n) is 21.1. The van der Waals surface area contributed by atoms with Gasteiger partial charge in [0.2, 0.25) is 41.9 Å². The Balaban J connectivity index is -0.000000335. The average Bonchev–Trinajstić information content (AvgIpc) is 3.27. The van der Waals surface area contributed by atoms with Gasteiger partial charge in [0.15, 0.2) is 0 Å². The van der Waals surface area contributed by atoms with Gasteiger partial charge in [0.1, 0.15) is 30.2 Å². The van der Waals surface area contributed by atoms with Gasteiger partial charge in [-0.25, -0.2) is 4.79 Å². The third-order valence-corrected chi connectivity index (χ3v) is 7.38. The lowest BCUT2D eigenvalue weighted by Gasteiger charge is -2.24. The van der Waals surface area contributed by atoms with Crippen molar-refractivity contribution < 1.29 is 63.3 Å². The molecule has 0 aromatic heterocycles. The lowest BCUT2D eigenvalue weighted by molar-refractivity contribution is -0.142. The van der Waals surface area contributed by atoms with Crippen molar-refractivity contribution in [2.45, 2.75) is 138 Å². The van der Waals surface area contributed by atoms with Gasteiger partial charge in [-0.3, -0.25) is 43.2 Å². The van der Waals surface area contributed by atoms with E-state index in [0.29, 0.717) is 12.8 Å². The number of aliphatic carboxylic acids is 2. The van der Waals surface area contributed by atoms with Gasteiger partial charge in [-0.05, 0) is 58.9 Å². The summed E-state index contributed by atoms with van der Waals surface area (Å²) in [6, 6.07) is 6.08. The topological polar surface area (TPSA) is 368 Å². The summed E-state index contributed by atoms with van der Waals surface area (Å²) in [5, 5.41) is 41.3. The van der Waals surface area contributed by atoms with Crippen LogP contribution in [0.2, 0.25) is 0 Å². The van der Waals surface area contributed by atoms with Gasteiger partial charge < -0.3 is 64.0 Å². The van der Waals surface area contributed by atoms with Crippen LogP contribution in [0.3, 0.4) is 0 Å². The van der Waals surface area contributed by atoms with Gasteiger partial charge in [0.25, 0.3) is 6.47 Å². The minimum absolute atomic E-state index is 0.0571. The van der Waals surface area contributed by atoms with E-state index in [1.54, 1.807) is 34.6 Å². The lowest BCUT2D eigenvalue weighted by atomic mass is 10.0. The highest BCUT2D eigenvalue weighted by Gasteiger charge is 2.29. The van der Waals surface area contributed by atoms with Crippen molar-refractivity contribution in [1.29, 1.82) is 0 Å². The fraction of sp³-hybridized carbons (Fsp3) is 0.591. The maximum Gasteiger partial charge on any atom is 0.326 e. The molecule has 0 saturated carbocycles. The second-order valence-electron chi connectivity index (χ2n) is 14.4. The van der Waals surface area contributed by atoms with Crippen molar-refractivity contribution in [3.8, 4) is 12.8 Å². The highest BCUT2D eigenvalue weighted by molar-refractivity contribution is 5.94. The normalized spacial score (nSPS) is 12.0. The number of hydrogen-bond donors (Lipinski definition) is 12. The Kier molecular flexibility index (Phi) is 51.5. The quantitative estimate of drug-likeness (QED) is 0.0424. The van der Waals surface area contributed by atoms with Crippen molar-refractivity contribution in [3.63, 3.8) is 0 Å². The molecular formula is C44H79N9O13. The fourth-order valence-electron chi connectivity index (χ4n) is 4.22. The molecule has 4 unspecified atom stereocenters. The SMILES string of the molecule is C#C.CC(C)C.CCC(=O)O.CCC(NC(=O)C[C@H](C)NC(=O)C(C)NC(=O)C(NC(=O)CN)C(C)C)C(=O)NC(C)C(=O)N[C@@H](CCCNC=O)C(=O)O.CN.O=CO.c1ccccc1. The van der Waals surface area contributed by atoms with E-state index in [1.807, 2.05) is 36.4 Å². The molecule has 0 fully saturated rings. The molecular weight excluding hydrogens is 863 g/mol. The minimum Gasteiger partial charge on any atom is -0.483 e. The number of carbonyl (C=O) groups excluding carboxylic acids is 7. The lowest BCUT2D eigenvalue weighted by Crippen LogP contribution is -2.56. The molecule has 0 aliphatic heterocycles. The number of hydrogen-bond acceptors (Lipinski definition) is 12. The maximum absolute atomic E-state index is 12.7. The van der Waals surface area contributed by atoms with Crippen molar-refractivity contribution in [1.82, 2.24) is 37.2 Å². The van der Waals surface area contributed by atoms with E-state index in [-0.39, 0.29) is 51.2 Å². The van der Waals surface area contributed by atoms with Crippen LogP contribution >= 0.6 is 0 Å². The first-order valence-corrected chi connectivity index (χ1v) is 21.1. The monoisotopic (exact) mass is 942 g/mol. The van der Waals surface area contributed by atoms with Crippen LogP contribution in [0.5, 0.6) is 0 Å². The van der Waals surface area contributed by atoms with E-state index in [1.165, 1.54) is 20.9 Å². The standard InChI is InChI=1S/C27H48N8O9.C6H6.C4H10.C3H6O2.C2H2.CH5N.CH2O2/c1-7-18(25(41)31-17(6)24(40)34-19(27(43)44)9-8-10-29-13-36)33-20(37)11-15(4)30-23(39)16(5)32-26(42)22(14(2)3)35-21(38)12-28;1-2-4-6-5-3-1;1-4(2)3;1-2-3(4)5;2*1-2;2-1-3/h13-19,22H,7-12,28H2,1-6H3,(H,29,36)(H,30,39)(H,31,41)(H,32,42)(H,33,37)(H,34,40)(H,35,38)(H,43,44);1-6H;4H,1-3H3;2H2,1H3,(H,4,5);1-2H;2H2,1H3;1H,(H,2,3)/t15-,16?,17?,18?,19-,22?;;;;;;/m0....../s1. The molecule has 0 aliphatic carbocycles. The van der Waals surface area contributed by atoms with Gasteiger partial charge >= 0.3 is 11.9 Å². The van der Waals surface area contributed by atoms with E-state index in [9.17, 15) is 48.3 Å². The van der Waals surface area contributed by atoms with E-state index in [2.05, 4.69) is 76.6 Å². The first kappa shape index (κ1) is 71.0. The van der Waals surface area contributed by atoms with Crippen LogP contribution in [0, 0.1) is 24.7 Å². The molecule has 0 spiro atoms. The van der Waals surface area contributed by atoms with Crippen molar-refractivity contribution >= 4 is 60.3 Å². The number of benzene rings is 1. The summed E-state index contributed by atoms with van der Waals surface area (Å²) >= 11 is 0. The Morgan fingerprint density at radius 2 is 1.05 bits per heavy atom. The molecule has 1 aromatic carbocycles. The molecule has 0 aliphatic rings. The zero-order chi connectivity index (χ0) is 52.8. The van der Waals surface area contributed by atoms with E-state index in [0.717, 1.165) is 5.92 Å². The third kappa shape index (κ3) is 45.4. The number of nitrogens with two attached hydrogens (primary N) is 2. The fourth-order valence-corrected chi connectivity index (χ4v) is 4.22. The Morgan fingerprint density at radius 3 is 1.39 bits per heavy atom. The predicted molar refractivity (Wildman–Crippen MR) is 252 cm³/mol. The molecule has 0 radical (unpaired) electrons. The molecule has 1 aromatic rings. The number of amides is 7. The summed E-state index contributed by atoms with van der Waals surface area (Å²) in [6.45, 7) is 17.2. The average molecular weight is 942 g/mol. The highest BCUT2D eigenvalue weighted by Crippen LogP contribution is 2.04. The summed E-state index contributed by atoms with van der Waals surface area (Å²) < 4.78 is 0. The highest BCUT2D eigenvalue weighted by atomic mass is 16.4. The molecule has 0 bridgehead atoms. The maximum atomic E-state index is 12.7. The van der Waals surface area contributed by atoms with Crippen LogP contribution in [0.15, 0.2) is 36.4 Å². The van der Waals surface area contributed by atoms with Gasteiger partial charge in [-0.15, -0.1) is 12.8 Å². The Bertz CT molecular complexity index is 1490. The molecule has 14 N–H and O–H groups in total. The van der Waals surface area contributed by atoms with Crippen LogP contribution in [0.1, 0.15) is 101 Å². The summed E-state index contributed by atoms with van der Waals surface area (Å²) in [5.41, 5.74) is 9.79. The number of nitrogens with one attached hydrogen (secondary N) is 7. The van der Waals surface area contributed by atoms with Crippen LogP contribution in [-0.4, -0.2) is 132 Å². The van der Waals surface area contributed by atoms with Crippen LogP contribution in [-0.2, 0) is 47.9 Å². The van der Waals surface area contributed by atoms with Crippen molar-refractivity contribution in [2.24, 2.45) is 23.3 Å². The van der Waals surface area contributed by atoms with E-state index < -0.39 is 83.6 Å². The zero-order valence-electron chi connectivity index (χ0n) is 40.4. The molecule has 0 saturated heterocycles. The summed E-state index contributed by atoms with van der Waals surface area (Å²) in [5.74, 6) is -5.08. The summed E-state index contributed by atoms with van der Waals surface area (Å²) in [4.78, 5) is 114. The number of carboxylic acids is 2. The number of terminal acetylenes is 1.